The molecule has 6 radical (unpaired) electrons. The van der Waals surface area contributed by atoms with Gasteiger partial charge in [0.05, 0.1) is 0 Å². The van der Waals surface area contributed by atoms with Crippen LogP contribution in [0.2, 0.25) is 0 Å². The third-order valence-corrected chi connectivity index (χ3v) is 1.34. The van der Waals surface area contributed by atoms with Crippen molar-refractivity contribution in [3.05, 3.63) is 20.8 Å². The third kappa shape index (κ3) is 4.80. The van der Waals surface area contributed by atoms with Gasteiger partial charge in [-0.25, -0.2) is 0 Å². The number of hydrogen-bond donors (Lipinski definition) is 0. The van der Waals surface area contributed by atoms with Gasteiger partial charge in [-0.1, -0.05) is 0 Å². The van der Waals surface area contributed by atoms with Gasteiger partial charge in [-0.2, -0.15) is 0 Å². The zero-order chi connectivity index (χ0) is 7.82. The Hall–Kier alpha value is -0.0400. The van der Waals surface area contributed by atoms with E-state index in [0.29, 0.717) is 19.3 Å². The van der Waals surface area contributed by atoms with Crippen molar-refractivity contribution in [1.82, 2.24) is 4.90 Å². The van der Waals surface area contributed by atoms with Crippen molar-refractivity contribution in [2.45, 2.75) is 19.3 Å². The summed E-state index contributed by atoms with van der Waals surface area (Å²) in [7, 11) is 0. The van der Waals surface area contributed by atoms with Crippen LogP contribution in [-0.2, 0) is 0 Å². The van der Waals surface area contributed by atoms with Gasteiger partial charge < -0.3 is 4.90 Å². The van der Waals surface area contributed by atoms with Crippen LogP contribution in [0, 0.1) is 20.8 Å². The maximum Gasteiger partial charge on any atom is -0.00159 e. The second-order valence-corrected chi connectivity index (χ2v) is 2.21. The normalized spacial score (nSPS) is 10.8. The van der Waals surface area contributed by atoms with Crippen LogP contribution in [0.1, 0.15) is 19.3 Å². The predicted octanol–water partition coefficient (Wildman–Crippen LogP) is 1.59. The van der Waals surface area contributed by atoms with Crippen molar-refractivity contribution in [3.8, 4) is 0 Å². The average Bonchev–Trinajstić information content (AvgIpc) is 1.90. The van der Waals surface area contributed by atoms with E-state index < -0.39 is 0 Å². The van der Waals surface area contributed by atoms with E-state index in [2.05, 4.69) is 4.90 Å². The van der Waals surface area contributed by atoms with Crippen LogP contribution < -0.4 is 0 Å². The Balaban J connectivity index is 3.30. The van der Waals surface area contributed by atoms with E-state index in [1.165, 1.54) is 0 Å². The molecule has 1 nitrogen and oxygen atoms in total. The first-order chi connectivity index (χ1) is 4.85. The molecule has 0 saturated carbocycles. The van der Waals surface area contributed by atoms with E-state index in [0.717, 1.165) is 19.6 Å². The van der Waals surface area contributed by atoms with Gasteiger partial charge in [0.25, 0.3) is 0 Å². The molecule has 10 heavy (non-hydrogen) atoms. The molecular formula is C9H15N. The Kier molecular flexibility index (Phi) is 7.04. The minimum Gasteiger partial charge on any atom is -0.303 e. The summed E-state index contributed by atoms with van der Waals surface area (Å²) in [5.74, 6) is 0. The van der Waals surface area contributed by atoms with Gasteiger partial charge in [0.15, 0.2) is 0 Å². The highest BCUT2D eigenvalue weighted by Gasteiger charge is 1.98. The van der Waals surface area contributed by atoms with Crippen LogP contribution in [0.4, 0.5) is 0 Å². The molecule has 0 fully saturated rings. The van der Waals surface area contributed by atoms with E-state index in [9.17, 15) is 0 Å². The molecule has 0 rings (SSSR count). The molecule has 0 aliphatic heterocycles. The Labute approximate surface area is 65.4 Å². The first kappa shape index (κ1) is 9.96. The van der Waals surface area contributed by atoms with Gasteiger partial charge in [0.2, 0.25) is 0 Å². The van der Waals surface area contributed by atoms with Crippen LogP contribution in [0.5, 0.6) is 0 Å². The van der Waals surface area contributed by atoms with E-state index >= 15 is 0 Å². The molecule has 0 atom stereocenters. The van der Waals surface area contributed by atoms with Gasteiger partial charge in [-0.3, -0.25) is 0 Å². The zero-order valence-electron chi connectivity index (χ0n) is 6.42. The van der Waals surface area contributed by atoms with Gasteiger partial charge in [0.1, 0.15) is 0 Å². The van der Waals surface area contributed by atoms with Crippen molar-refractivity contribution in [3.63, 3.8) is 0 Å². The fourth-order valence-electron chi connectivity index (χ4n) is 0.883. The summed E-state index contributed by atoms with van der Waals surface area (Å²) in [5, 5.41) is 0. The maximum absolute atomic E-state index is 5.37. The minimum atomic E-state index is 0.681. The van der Waals surface area contributed by atoms with Crippen LogP contribution in [0.25, 0.3) is 0 Å². The molecule has 0 N–H and O–H groups in total. The molecular weight excluding hydrogens is 122 g/mol. The lowest BCUT2D eigenvalue weighted by molar-refractivity contribution is 0.288. The summed E-state index contributed by atoms with van der Waals surface area (Å²) in [6.45, 7) is 18.8. The lowest BCUT2D eigenvalue weighted by Gasteiger charge is -2.19. The number of nitrogens with zero attached hydrogens (tertiary/aromatic N) is 1. The Bertz CT molecular complexity index is 47.5. The van der Waals surface area contributed by atoms with Gasteiger partial charge in [0, 0.05) is 0 Å². The summed E-state index contributed by atoms with van der Waals surface area (Å²) in [5.41, 5.74) is 0. The lowest BCUT2D eigenvalue weighted by Crippen LogP contribution is -2.26. The molecule has 0 spiro atoms. The molecule has 0 unspecified atom stereocenters. The summed E-state index contributed by atoms with van der Waals surface area (Å²) in [6.07, 6.45) is 2.04. The highest BCUT2D eigenvalue weighted by atomic mass is 15.1. The summed E-state index contributed by atoms with van der Waals surface area (Å²) >= 11 is 0. The molecule has 56 valence electrons. The van der Waals surface area contributed by atoms with Crippen molar-refractivity contribution in [1.29, 1.82) is 0 Å². The fourth-order valence-corrected chi connectivity index (χ4v) is 0.883. The average molecular weight is 137 g/mol. The van der Waals surface area contributed by atoms with Crippen molar-refractivity contribution in [2.75, 3.05) is 19.6 Å². The van der Waals surface area contributed by atoms with E-state index in [4.69, 9.17) is 20.8 Å². The lowest BCUT2D eigenvalue weighted by atomic mass is 10.3. The molecule has 0 aromatic carbocycles. The molecule has 0 saturated heterocycles. The Morgan fingerprint density at radius 2 is 1.00 bits per heavy atom. The summed E-state index contributed by atoms with van der Waals surface area (Å²) in [6, 6.07) is 0. The zero-order valence-corrected chi connectivity index (χ0v) is 6.42. The molecule has 0 aliphatic rings. The van der Waals surface area contributed by atoms with Gasteiger partial charge in [-0.15, -0.1) is 0 Å². The first-order valence-electron chi connectivity index (χ1n) is 3.67. The molecule has 0 aliphatic carbocycles. The summed E-state index contributed by atoms with van der Waals surface area (Å²) < 4.78 is 0. The monoisotopic (exact) mass is 137 g/mol. The third-order valence-electron chi connectivity index (χ3n) is 1.34. The van der Waals surface area contributed by atoms with Crippen LogP contribution in [-0.4, -0.2) is 24.5 Å². The van der Waals surface area contributed by atoms with Gasteiger partial charge in [-0.05, 0) is 59.7 Å². The first-order valence-corrected chi connectivity index (χ1v) is 3.67. The van der Waals surface area contributed by atoms with Crippen LogP contribution in [0.3, 0.4) is 0 Å². The summed E-state index contributed by atoms with van der Waals surface area (Å²) in [4.78, 5) is 2.17. The smallest absolute Gasteiger partial charge is 0.00159 e. The molecule has 0 amide bonds. The largest absolute Gasteiger partial charge is 0.303 e. The highest BCUT2D eigenvalue weighted by molar-refractivity contribution is 4.60. The maximum atomic E-state index is 5.37. The minimum absolute atomic E-state index is 0.681. The Morgan fingerprint density at radius 1 is 0.700 bits per heavy atom. The fraction of sp³-hybridized carbons (Fsp3) is 0.667. The van der Waals surface area contributed by atoms with Crippen LogP contribution >= 0.6 is 0 Å². The van der Waals surface area contributed by atoms with Crippen LogP contribution in [0.15, 0.2) is 0 Å². The molecule has 0 heterocycles. The quantitative estimate of drug-likeness (QED) is 0.537. The topological polar surface area (TPSA) is 3.24 Å². The number of rotatable bonds is 6. The SMILES string of the molecule is [CH]CCN(CC[CH])CC[CH]. The van der Waals surface area contributed by atoms with E-state index in [1.54, 1.807) is 0 Å². The highest BCUT2D eigenvalue weighted by Crippen LogP contribution is 1.94. The standard InChI is InChI=1S/C9H15N/c1-4-7-10(8-5-2)9-6-3/h1-3H,4-9H2. The van der Waals surface area contributed by atoms with E-state index in [1.807, 2.05) is 0 Å². The second-order valence-electron chi connectivity index (χ2n) is 2.21. The molecule has 0 bridgehead atoms. The van der Waals surface area contributed by atoms with Crippen molar-refractivity contribution >= 4 is 0 Å². The molecule has 0 aromatic heterocycles. The van der Waals surface area contributed by atoms with Crippen molar-refractivity contribution in [2.24, 2.45) is 0 Å². The number of hydrogen-bond acceptors (Lipinski definition) is 1. The van der Waals surface area contributed by atoms with Gasteiger partial charge >= 0.3 is 0 Å². The second kappa shape index (κ2) is 7.07. The van der Waals surface area contributed by atoms with E-state index in [-0.39, 0.29) is 0 Å². The Morgan fingerprint density at radius 3 is 1.20 bits per heavy atom. The van der Waals surface area contributed by atoms with Crippen molar-refractivity contribution < 1.29 is 0 Å². The molecule has 1 heteroatoms. The molecule has 0 aromatic rings. The predicted molar refractivity (Wildman–Crippen MR) is 43.2 cm³/mol.